The molecule has 2 aromatic carbocycles. The second kappa shape index (κ2) is 12.3. The molecule has 12 nitrogen and oxygen atoms in total. The molecule has 208 valence electrons. The first kappa shape index (κ1) is 27.4. The largest absolute Gasteiger partial charge is 0.497 e. The average molecular weight is 574 g/mol. The molecule has 0 bridgehead atoms. The Morgan fingerprint density at radius 2 is 1.95 bits per heavy atom. The molecule has 0 saturated carbocycles. The number of nitrogens with one attached hydrogen (secondary N) is 1. The maximum Gasteiger partial charge on any atom is 0.280 e. The third-order valence-electron chi connectivity index (χ3n) is 5.98. The van der Waals surface area contributed by atoms with E-state index in [9.17, 15) is 19.7 Å². The number of furan rings is 2. The van der Waals surface area contributed by atoms with Crippen molar-refractivity contribution in [1.82, 2.24) is 4.90 Å². The van der Waals surface area contributed by atoms with Crippen molar-refractivity contribution in [3.63, 3.8) is 0 Å². The van der Waals surface area contributed by atoms with Crippen LogP contribution in [-0.4, -0.2) is 45.4 Å². The van der Waals surface area contributed by atoms with E-state index in [2.05, 4.69) is 15.5 Å². The predicted octanol–water partition coefficient (Wildman–Crippen LogP) is 5.32. The number of carbonyl (C=O) groups excluding carboxylic acids is 2. The van der Waals surface area contributed by atoms with Gasteiger partial charge in [0.25, 0.3) is 5.69 Å². The number of amidine groups is 1. The van der Waals surface area contributed by atoms with Gasteiger partial charge in [-0.25, -0.2) is 0 Å². The van der Waals surface area contributed by atoms with Crippen molar-refractivity contribution in [2.24, 2.45) is 10.2 Å². The highest BCUT2D eigenvalue weighted by molar-refractivity contribution is 8.15. The number of anilines is 1. The second-order valence-corrected chi connectivity index (χ2v) is 9.86. The van der Waals surface area contributed by atoms with Crippen LogP contribution in [0.15, 0.2) is 98.1 Å². The summed E-state index contributed by atoms with van der Waals surface area (Å²) < 4.78 is 16.2. The van der Waals surface area contributed by atoms with Gasteiger partial charge in [-0.3, -0.25) is 24.6 Å². The Bertz CT molecular complexity index is 1610. The first-order chi connectivity index (χ1) is 19.9. The van der Waals surface area contributed by atoms with E-state index in [0.29, 0.717) is 34.3 Å². The molecule has 1 aliphatic rings. The van der Waals surface area contributed by atoms with Crippen LogP contribution in [0.1, 0.15) is 17.9 Å². The SMILES string of the molecule is COc1ccc(NC(=O)CC2S/C(=N\N=C\c3ccc(-c4ccccc4[N+](=O)[O-])o3)N(Cc3ccco3)C2=O)cc1. The molecule has 41 heavy (non-hydrogen) atoms. The summed E-state index contributed by atoms with van der Waals surface area (Å²) in [6.07, 6.45) is 2.76. The van der Waals surface area contributed by atoms with Crippen molar-refractivity contribution in [2.75, 3.05) is 12.4 Å². The van der Waals surface area contributed by atoms with Crippen LogP contribution in [0.4, 0.5) is 11.4 Å². The Balaban J connectivity index is 1.30. The molecular formula is C28H23N5O7S. The molecule has 0 aliphatic carbocycles. The Morgan fingerprint density at radius 3 is 2.68 bits per heavy atom. The van der Waals surface area contributed by atoms with Crippen LogP contribution in [0.25, 0.3) is 11.3 Å². The quantitative estimate of drug-likeness (QED) is 0.152. The van der Waals surface area contributed by atoms with Gasteiger partial charge in [0.2, 0.25) is 11.8 Å². The maximum absolute atomic E-state index is 13.3. The number of rotatable bonds is 10. The molecule has 4 aromatic rings. The highest BCUT2D eigenvalue weighted by Gasteiger charge is 2.39. The van der Waals surface area contributed by atoms with Gasteiger partial charge in [0.1, 0.15) is 28.3 Å². The number of benzene rings is 2. The minimum atomic E-state index is -0.717. The molecule has 1 N–H and O–H groups in total. The lowest BCUT2D eigenvalue weighted by molar-refractivity contribution is -0.384. The van der Waals surface area contributed by atoms with Gasteiger partial charge in [-0.05, 0) is 54.6 Å². The van der Waals surface area contributed by atoms with Gasteiger partial charge in [0, 0.05) is 18.2 Å². The topological polar surface area (TPSA) is 153 Å². The molecule has 5 rings (SSSR count). The third kappa shape index (κ3) is 6.53. The number of thioether (sulfide) groups is 1. The van der Waals surface area contributed by atoms with Crippen LogP contribution in [0.3, 0.4) is 0 Å². The van der Waals surface area contributed by atoms with Crippen molar-refractivity contribution in [1.29, 1.82) is 0 Å². The van der Waals surface area contributed by atoms with Gasteiger partial charge in [0.05, 0.1) is 36.6 Å². The lowest BCUT2D eigenvalue weighted by Gasteiger charge is -2.14. The Hall–Kier alpha value is -5.17. The molecule has 1 saturated heterocycles. The first-order valence-electron chi connectivity index (χ1n) is 12.3. The zero-order valence-electron chi connectivity index (χ0n) is 21.6. The van der Waals surface area contributed by atoms with E-state index in [1.807, 2.05) is 0 Å². The summed E-state index contributed by atoms with van der Waals surface area (Å²) in [4.78, 5) is 38.2. The van der Waals surface area contributed by atoms with Crippen LogP contribution in [-0.2, 0) is 16.1 Å². The minimum Gasteiger partial charge on any atom is -0.497 e. The molecule has 1 fully saturated rings. The number of hydrogen-bond donors (Lipinski definition) is 1. The number of nitro benzene ring substituents is 1. The number of ether oxygens (including phenoxy) is 1. The van der Waals surface area contributed by atoms with Gasteiger partial charge in [-0.2, -0.15) is 5.10 Å². The van der Waals surface area contributed by atoms with Crippen LogP contribution in [0, 0.1) is 10.1 Å². The monoisotopic (exact) mass is 573 g/mol. The zero-order valence-corrected chi connectivity index (χ0v) is 22.4. The molecule has 2 amide bonds. The first-order valence-corrected chi connectivity index (χ1v) is 13.2. The summed E-state index contributed by atoms with van der Waals surface area (Å²) >= 11 is 1.12. The molecule has 0 radical (unpaired) electrons. The van der Waals surface area contributed by atoms with E-state index in [4.69, 9.17) is 13.6 Å². The van der Waals surface area contributed by atoms with E-state index in [0.717, 1.165) is 11.8 Å². The smallest absolute Gasteiger partial charge is 0.280 e. The molecule has 2 aromatic heterocycles. The number of nitrogens with zero attached hydrogens (tertiary/aromatic N) is 4. The Labute approximate surface area is 237 Å². The summed E-state index contributed by atoms with van der Waals surface area (Å²) in [6, 6.07) is 19.8. The van der Waals surface area contributed by atoms with Gasteiger partial charge in [0.15, 0.2) is 5.17 Å². The summed E-state index contributed by atoms with van der Waals surface area (Å²) in [7, 11) is 1.55. The van der Waals surface area contributed by atoms with Crippen LogP contribution in [0.5, 0.6) is 5.75 Å². The highest BCUT2D eigenvalue weighted by atomic mass is 32.2. The fraction of sp³-hybridized carbons (Fsp3) is 0.143. The van der Waals surface area contributed by atoms with E-state index >= 15 is 0 Å². The zero-order chi connectivity index (χ0) is 28.8. The fourth-order valence-electron chi connectivity index (χ4n) is 4.02. The van der Waals surface area contributed by atoms with E-state index < -0.39 is 10.2 Å². The molecule has 3 heterocycles. The molecule has 1 unspecified atom stereocenters. The van der Waals surface area contributed by atoms with E-state index in [1.165, 1.54) is 23.4 Å². The Kier molecular flexibility index (Phi) is 8.25. The lowest BCUT2D eigenvalue weighted by atomic mass is 10.1. The maximum atomic E-state index is 13.3. The molecule has 0 spiro atoms. The van der Waals surface area contributed by atoms with E-state index in [-0.39, 0.29) is 35.6 Å². The summed E-state index contributed by atoms with van der Waals surface area (Å²) in [6.45, 7) is 0.117. The van der Waals surface area contributed by atoms with Crippen molar-refractivity contribution < 1.29 is 28.1 Å². The third-order valence-corrected chi connectivity index (χ3v) is 7.15. The van der Waals surface area contributed by atoms with Crippen molar-refractivity contribution >= 4 is 46.3 Å². The number of methoxy groups -OCH3 is 1. The standard InChI is InChI=1S/C28H23N5O7S/c1-38-19-10-8-18(9-11-19)30-26(34)15-25-27(35)32(17-21-5-4-14-39-21)28(41-25)31-29-16-20-12-13-24(40-20)22-6-2-3-7-23(22)33(36)37/h2-14,16,25H,15,17H2,1H3,(H,30,34)/b29-16+,31-28-. The van der Waals surface area contributed by atoms with Gasteiger partial charge in [-0.15, -0.1) is 5.10 Å². The fourth-order valence-corrected chi connectivity index (χ4v) is 5.11. The van der Waals surface area contributed by atoms with Gasteiger partial charge in [-0.1, -0.05) is 23.9 Å². The van der Waals surface area contributed by atoms with E-state index in [1.54, 1.807) is 73.8 Å². The Morgan fingerprint density at radius 1 is 1.15 bits per heavy atom. The van der Waals surface area contributed by atoms with Crippen LogP contribution < -0.4 is 10.1 Å². The summed E-state index contributed by atoms with van der Waals surface area (Å²) in [5, 5.41) is 22.0. The number of hydrogen-bond acceptors (Lipinski definition) is 10. The number of carbonyl (C=O) groups is 2. The van der Waals surface area contributed by atoms with Gasteiger partial charge < -0.3 is 18.9 Å². The summed E-state index contributed by atoms with van der Waals surface area (Å²) in [5.74, 6) is 1.18. The van der Waals surface area contributed by atoms with Crippen LogP contribution in [0.2, 0.25) is 0 Å². The highest BCUT2D eigenvalue weighted by Crippen LogP contribution is 2.32. The normalized spacial score (nSPS) is 16.0. The van der Waals surface area contributed by atoms with Crippen LogP contribution >= 0.6 is 11.8 Å². The number of nitro groups is 1. The van der Waals surface area contributed by atoms with Crippen molar-refractivity contribution in [3.05, 3.63) is 101 Å². The molecule has 13 heteroatoms. The average Bonchev–Trinajstić information content (AvgIpc) is 3.72. The number of amides is 2. The minimum absolute atomic E-state index is 0.0791. The molecule has 1 atom stereocenters. The summed E-state index contributed by atoms with van der Waals surface area (Å²) in [5.41, 5.74) is 0.832. The van der Waals surface area contributed by atoms with Crippen molar-refractivity contribution in [3.8, 4) is 17.1 Å². The molecule has 1 aliphatic heterocycles. The second-order valence-electron chi connectivity index (χ2n) is 8.69. The van der Waals surface area contributed by atoms with Gasteiger partial charge >= 0.3 is 0 Å². The van der Waals surface area contributed by atoms with Crippen molar-refractivity contribution in [2.45, 2.75) is 18.2 Å². The number of para-hydroxylation sites is 1. The predicted molar refractivity (Wildman–Crippen MR) is 153 cm³/mol. The molecular weight excluding hydrogens is 550 g/mol. The lowest BCUT2D eigenvalue weighted by Crippen LogP contribution is -2.33.